The van der Waals surface area contributed by atoms with Crippen molar-refractivity contribution in [3.63, 3.8) is 0 Å². The minimum Gasteiger partial charge on any atom is -0.444 e. The van der Waals surface area contributed by atoms with Gasteiger partial charge in [-0.2, -0.15) is 0 Å². The molecule has 0 aromatic carbocycles. The maximum absolute atomic E-state index is 11.9. The zero-order valence-corrected chi connectivity index (χ0v) is 12.6. The van der Waals surface area contributed by atoms with Gasteiger partial charge in [0.25, 0.3) is 0 Å². The van der Waals surface area contributed by atoms with Gasteiger partial charge in [0, 0.05) is 19.1 Å². The Labute approximate surface area is 116 Å². The van der Waals surface area contributed by atoms with Crippen LogP contribution in [0.3, 0.4) is 0 Å². The topological polar surface area (TPSA) is 75.8 Å². The van der Waals surface area contributed by atoms with Gasteiger partial charge in [-0.3, -0.25) is 0 Å². The summed E-state index contributed by atoms with van der Waals surface area (Å²) < 4.78 is 5.34. The van der Waals surface area contributed by atoms with E-state index in [9.17, 15) is 9.90 Å². The van der Waals surface area contributed by atoms with E-state index >= 15 is 0 Å². The third-order valence-electron chi connectivity index (χ3n) is 3.58. The molecule has 112 valence electrons. The summed E-state index contributed by atoms with van der Waals surface area (Å²) in [6.45, 7) is 8.83. The summed E-state index contributed by atoms with van der Waals surface area (Å²) in [5.74, 6) is 0.189. The van der Waals surface area contributed by atoms with Crippen LogP contribution in [0.5, 0.6) is 0 Å². The van der Waals surface area contributed by atoms with Gasteiger partial charge >= 0.3 is 6.09 Å². The van der Waals surface area contributed by atoms with Crippen LogP contribution in [0.2, 0.25) is 0 Å². The van der Waals surface area contributed by atoms with Crippen LogP contribution in [-0.2, 0) is 4.74 Å². The molecule has 1 heterocycles. The molecule has 0 saturated carbocycles. The van der Waals surface area contributed by atoms with E-state index in [2.05, 4.69) is 0 Å². The molecule has 1 saturated heterocycles. The maximum atomic E-state index is 11.9. The Balaban J connectivity index is 2.42. The van der Waals surface area contributed by atoms with Crippen LogP contribution >= 0.6 is 0 Å². The van der Waals surface area contributed by atoms with Gasteiger partial charge in [0.2, 0.25) is 0 Å². The van der Waals surface area contributed by atoms with Gasteiger partial charge in [0.05, 0.1) is 6.10 Å². The number of piperidine rings is 1. The van der Waals surface area contributed by atoms with Gasteiger partial charge in [-0.05, 0) is 46.0 Å². The van der Waals surface area contributed by atoms with Gasteiger partial charge in [0.15, 0.2) is 0 Å². The summed E-state index contributed by atoms with van der Waals surface area (Å²) >= 11 is 0. The normalized spacial score (nSPS) is 21.1. The quantitative estimate of drug-likeness (QED) is 0.820. The summed E-state index contributed by atoms with van der Waals surface area (Å²) in [4.78, 5) is 13.6. The monoisotopic (exact) mass is 272 g/mol. The number of carbonyl (C=O) groups excluding carboxylic acids is 1. The van der Waals surface area contributed by atoms with E-state index in [0.717, 1.165) is 19.3 Å². The van der Waals surface area contributed by atoms with E-state index in [1.807, 2.05) is 27.7 Å². The third-order valence-corrected chi connectivity index (χ3v) is 3.58. The first kappa shape index (κ1) is 16.2. The molecule has 19 heavy (non-hydrogen) atoms. The first-order valence-electron chi connectivity index (χ1n) is 7.16. The minimum atomic E-state index is -0.467. The molecule has 3 N–H and O–H groups in total. The molecule has 1 fully saturated rings. The van der Waals surface area contributed by atoms with E-state index in [1.54, 1.807) is 4.90 Å². The van der Waals surface area contributed by atoms with Crippen molar-refractivity contribution in [1.82, 2.24) is 4.90 Å². The van der Waals surface area contributed by atoms with Crippen LogP contribution < -0.4 is 5.73 Å². The second-order valence-corrected chi connectivity index (χ2v) is 6.37. The summed E-state index contributed by atoms with van der Waals surface area (Å²) in [5.41, 5.74) is 5.41. The summed E-state index contributed by atoms with van der Waals surface area (Å²) in [7, 11) is 0. The lowest BCUT2D eigenvalue weighted by atomic mass is 9.87. The molecule has 0 aromatic rings. The van der Waals surface area contributed by atoms with Gasteiger partial charge < -0.3 is 20.5 Å². The lowest BCUT2D eigenvalue weighted by Crippen LogP contribution is -2.47. The highest BCUT2D eigenvalue weighted by molar-refractivity contribution is 5.68. The SMILES string of the molecule is CC[C@H](N)[C@H](O)C1CCN(C(=O)OC(C)(C)C)CC1. The van der Waals surface area contributed by atoms with Crippen LogP contribution in [-0.4, -0.2) is 46.9 Å². The number of carbonyl (C=O) groups is 1. The molecule has 1 aliphatic heterocycles. The van der Waals surface area contributed by atoms with Crippen LogP contribution in [0, 0.1) is 5.92 Å². The number of aliphatic hydroxyl groups excluding tert-OH is 1. The molecule has 0 unspecified atom stereocenters. The molecule has 1 aliphatic rings. The van der Waals surface area contributed by atoms with Crippen molar-refractivity contribution < 1.29 is 14.6 Å². The number of hydrogen-bond donors (Lipinski definition) is 2. The number of rotatable bonds is 3. The van der Waals surface area contributed by atoms with E-state index in [1.165, 1.54) is 0 Å². The van der Waals surface area contributed by atoms with Crippen molar-refractivity contribution in [2.45, 2.75) is 64.7 Å². The lowest BCUT2D eigenvalue weighted by molar-refractivity contribution is 0.00406. The molecule has 0 aromatic heterocycles. The standard InChI is InChI=1S/C14H28N2O3/c1-5-11(15)12(17)10-6-8-16(9-7-10)13(18)19-14(2,3)4/h10-12,17H,5-9,15H2,1-4H3/t11-,12+/m0/s1. The van der Waals surface area contributed by atoms with Crippen LogP contribution in [0.25, 0.3) is 0 Å². The number of likely N-dealkylation sites (tertiary alicyclic amines) is 1. The summed E-state index contributed by atoms with van der Waals surface area (Å²) in [6, 6.07) is -0.168. The molecule has 0 radical (unpaired) electrons. The fourth-order valence-corrected chi connectivity index (χ4v) is 2.34. The van der Waals surface area contributed by atoms with Crippen molar-refractivity contribution in [3.8, 4) is 0 Å². The second-order valence-electron chi connectivity index (χ2n) is 6.37. The van der Waals surface area contributed by atoms with Gasteiger partial charge in [0.1, 0.15) is 5.60 Å². The molecular formula is C14H28N2O3. The molecule has 1 amide bonds. The number of amides is 1. The Hall–Kier alpha value is -0.810. The predicted molar refractivity (Wildman–Crippen MR) is 74.8 cm³/mol. The van der Waals surface area contributed by atoms with Crippen molar-refractivity contribution in [3.05, 3.63) is 0 Å². The largest absolute Gasteiger partial charge is 0.444 e. The zero-order chi connectivity index (χ0) is 14.6. The molecule has 1 rings (SSSR count). The molecule has 5 nitrogen and oxygen atoms in total. The average Bonchev–Trinajstić information content (AvgIpc) is 2.35. The first-order chi connectivity index (χ1) is 8.74. The van der Waals surface area contributed by atoms with Crippen LogP contribution in [0.1, 0.15) is 47.0 Å². The third kappa shape index (κ3) is 4.99. The van der Waals surface area contributed by atoms with Crippen molar-refractivity contribution >= 4 is 6.09 Å². The van der Waals surface area contributed by atoms with Gasteiger partial charge in [-0.1, -0.05) is 6.92 Å². The minimum absolute atomic E-state index is 0.168. The second kappa shape index (κ2) is 6.57. The number of nitrogens with zero attached hydrogens (tertiary/aromatic N) is 1. The zero-order valence-electron chi connectivity index (χ0n) is 12.6. The molecule has 5 heteroatoms. The van der Waals surface area contributed by atoms with E-state index in [4.69, 9.17) is 10.5 Å². The van der Waals surface area contributed by atoms with Gasteiger partial charge in [-0.25, -0.2) is 4.79 Å². The van der Waals surface area contributed by atoms with Gasteiger partial charge in [-0.15, -0.1) is 0 Å². The Morgan fingerprint density at radius 3 is 2.37 bits per heavy atom. The van der Waals surface area contributed by atoms with E-state index < -0.39 is 11.7 Å². The maximum Gasteiger partial charge on any atom is 0.410 e. The van der Waals surface area contributed by atoms with Crippen molar-refractivity contribution in [2.24, 2.45) is 11.7 Å². The highest BCUT2D eigenvalue weighted by Gasteiger charge is 2.31. The summed E-state index contributed by atoms with van der Waals surface area (Å²) in [5, 5.41) is 10.1. The smallest absolute Gasteiger partial charge is 0.410 e. The Bertz CT molecular complexity index is 294. The molecular weight excluding hydrogens is 244 g/mol. The molecule has 2 atom stereocenters. The summed E-state index contributed by atoms with van der Waals surface area (Å²) in [6.07, 6.45) is 1.61. The lowest BCUT2D eigenvalue weighted by Gasteiger charge is -2.36. The van der Waals surface area contributed by atoms with E-state index in [0.29, 0.717) is 13.1 Å². The molecule has 0 bridgehead atoms. The number of nitrogens with two attached hydrogens (primary N) is 1. The van der Waals surface area contributed by atoms with E-state index in [-0.39, 0.29) is 18.1 Å². The fourth-order valence-electron chi connectivity index (χ4n) is 2.34. The average molecular weight is 272 g/mol. The Morgan fingerprint density at radius 1 is 1.42 bits per heavy atom. The Morgan fingerprint density at radius 2 is 1.95 bits per heavy atom. The highest BCUT2D eigenvalue weighted by atomic mass is 16.6. The molecule has 0 aliphatic carbocycles. The first-order valence-corrected chi connectivity index (χ1v) is 7.16. The Kier molecular flexibility index (Phi) is 5.62. The number of hydrogen-bond acceptors (Lipinski definition) is 4. The van der Waals surface area contributed by atoms with Crippen LogP contribution in [0.15, 0.2) is 0 Å². The van der Waals surface area contributed by atoms with Crippen molar-refractivity contribution in [2.75, 3.05) is 13.1 Å². The number of aliphatic hydroxyl groups is 1. The number of ether oxygens (including phenoxy) is 1. The predicted octanol–water partition coefficient (Wildman–Crippen LogP) is 1.73. The van der Waals surface area contributed by atoms with Crippen LogP contribution in [0.4, 0.5) is 4.79 Å². The fraction of sp³-hybridized carbons (Fsp3) is 0.929. The molecule has 0 spiro atoms. The van der Waals surface area contributed by atoms with Crippen molar-refractivity contribution in [1.29, 1.82) is 0 Å². The highest BCUT2D eigenvalue weighted by Crippen LogP contribution is 2.24.